The Bertz CT molecular complexity index is 1740. The zero-order valence-corrected chi connectivity index (χ0v) is 35.4. The van der Waals surface area contributed by atoms with E-state index in [4.69, 9.17) is 17.2 Å². The van der Waals surface area contributed by atoms with Crippen molar-refractivity contribution in [3.8, 4) is 0 Å². The molecular weight excluding hydrogens is 798 g/mol. The molecule has 3 rings (SSSR count). The molecule has 2 saturated heterocycles. The number of nitrogens with one attached hydrogen (secondary N) is 6. The minimum atomic E-state index is -1.28. The summed E-state index contributed by atoms with van der Waals surface area (Å²) in [6.45, 7) is 8.10. The molecule has 23 heteroatoms. The molecule has 2 aliphatic rings. The van der Waals surface area contributed by atoms with Gasteiger partial charge in [0.1, 0.15) is 48.3 Å². The lowest BCUT2D eigenvalue weighted by atomic mass is 9.97. The fraction of sp³-hybridized carbons (Fsp3) is 0.684. The van der Waals surface area contributed by atoms with Crippen molar-refractivity contribution in [2.75, 3.05) is 19.6 Å². The number of likely N-dealkylation sites (tertiary alicyclic amines) is 2. The number of aromatic nitrogens is 2. The van der Waals surface area contributed by atoms with E-state index in [9.17, 15) is 48.6 Å². The third kappa shape index (κ3) is 14.1. The van der Waals surface area contributed by atoms with Crippen LogP contribution in [0.3, 0.4) is 0 Å². The Morgan fingerprint density at radius 2 is 1.41 bits per heavy atom. The largest absolute Gasteiger partial charge is 0.480 e. The van der Waals surface area contributed by atoms with Crippen LogP contribution in [0.25, 0.3) is 0 Å². The molecule has 14 N–H and O–H groups in total. The van der Waals surface area contributed by atoms with Gasteiger partial charge in [0.2, 0.25) is 41.4 Å². The molecule has 340 valence electrons. The van der Waals surface area contributed by atoms with Gasteiger partial charge in [0, 0.05) is 37.9 Å². The lowest BCUT2D eigenvalue weighted by Crippen LogP contribution is -2.61. The highest BCUT2D eigenvalue weighted by atomic mass is 16.4. The number of aliphatic carboxylic acids is 1. The smallest absolute Gasteiger partial charge is 0.325 e. The number of aliphatic imine (C=N–C) groups is 1. The third-order valence-corrected chi connectivity index (χ3v) is 10.9. The van der Waals surface area contributed by atoms with Gasteiger partial charge in [0.05, 0.1) is 12.4 Å². The highest BCUT2D eigenvalue weighted by Crippen LogP contribution is 2.21. The van der Waals surface area contributed by atoms with E-state index in [2.05, 4.69) is 41.5 Å². The van der Waals surface area contributed by atoms with Gasteiger partial charge in [-0.05, 0) is 65.2 Å². The molecule has 10 unspecified atom stereocenters. The highest BCUT2D eigenvalue weighted by molar-refractivity contribution is 5.98. The van der Waals surface area contributed by atoms with Crippen LogP contribution in [-0.2, 0) is 44.8 Å². The summed E-state index contributed by atoms with van der Waals surface area (Å²) in [5.41, 5.74) is 17.3. The standard InChI is InChI=1S/C38H63N13O10/c1-6-19(2)29(49-30(53)20(3)45-32(55)27-12-9-15-51(27)36(59)28(39)22(5)52)34(57)47-24(10-7-13-43-38(40)41)31(54)48-25(16-23-17-42-18-44-23)35(58)50-14-8-11-26(50)33(56)46-21(4)37(60)61/h17-22,24-29,52H,6-16,39H2,1-5H3,(H,42,44)(H,45,55)(H,46,56)(H,47,57)(H,48,54)(H,49,53)(H,60,61)(H4,40,41,43). The summed E-state index contributed by atoms with van der Waals surface area (Å²) in [6.07, 6.45) is 3.78. The zero-order chi connectivity index (χ0) is 45.6. The van der Waals surface area contributed by atoms with Gasteiger partial charge in [0.15, 0.2) is 5.96 Å². The van der Waals surface area contributed by atoms with E-state index in [0.29, 0.717) is 31.4 Å². The number of aromatic amines is 1. The molecule has 23 nitrogen and oxygen atoms in total. The number of amides is 7. The summed E-state index contributed by atoms with van der Waals surface area (Å²) in [7, 11) is 0. The number of carbonyl (C=O) groups excluding carboxylic acids is 7. The molecule has 0 radical (unpaired) electrons. The second-order valence-electron chi connectivity index (χ2n) is 15.7. The van der Waals surface area contributed by atoms with Crippen molar-refractivity contribution >= 4 is 53.3 Å². The van der Waals surface area contributed by atoms with E-state index in [-0.39, 0.29) is 51.3 Å². The Morgan fingerprint density at radius 1 is 0.836 bits per heavy atom. The van der Waals surface area contributed by atoms with Crippen LogP contribution < -0.4 is 43.8 Å². The van der Waals surface area contributed by atoms with Crippen LogP contribution in [0.4, 0.5) is 0 Å². The number of aliphatic hydroxyl groups excluding tert-OH is 1. The predicted octanol–water partition coefficient (Wildman–Crippen LogP) is -3.71. The Kier molecular flexibility index (Phi) is 18.9. The third-order valence-electron chi connectivity index (χ3n) is 10.9. The van der Waals surface area contributed by atoms with Crippen molar-refractivity contribution in [2.45, 2.75) is 140 Å². The summed E-state index contributed by atoms with van der Waals surface area (Å²) in [5.74, 6) is -6.61. The summed E-state index contributed by atoms with van der Waals surface area (Å²) in [5, 5.41) is 32.3. The molecule has 0 bridgehead atoms. The number of H-pyrrole nitrogens is 1. The number of carbonyl (C=O) groups is 8. The molecule has 1 aromatic rings. The first-order valence-electron chi connectivity index (χ1n) is 20.6. The van der Waals surface area contributed by atoms with Crippen LogP contribution >= 0.6 is 0 Å². The van der Waals surface area contributed by atoms with E-state index < -0.39 is 108 Å². The number of nitrogens with two attached hydrogens (primary N) is 3. The Hall–Kier alpha value is -5.84. The Morgan fingerprint density at radius 3 is 1.93 bits per heavy atom. The lowest BCUT2D eigenvalue weighted by Gasteiger charge is -2.31. The van der Waals surface area contributed by atoms with Crippen LogP contribution in [0.15, 0.2) is 17.5 Å². The number of hydrogen-bond donors (Lipinski definition) is 11. The maximum absolute atomic E-state index is 14.2. The Labute approximate surface area is 354 Å². The van der Waals surface area contributed by atoms with Crippen LogP contribution in [0, 0.1) is 5.92 Å². The van der Waals surface area contributed by atoms with E-state index in [1.165, 1.54) is 43.1 Å². The van der Waals surface area contributed by atoms with Gasteiger partial charge in [-0.15, -0.1) is 0 Å². The number of hydrogen-bond acceptors (Lipinski definition) is 12. The van der Waals surface area contributed by atoms with E-state index in [1.54, 1.807) is 13.8 Å². The zero-order valence-electron chi connectivity index (χ0n) is 35.4. The van der Waals surface area contributed by atoms with Crippen molar-refractivity contribution in [1.82, 2.24) is 46.4 Å². The summed E-state index contributed by atoms with van der Waals surface area (Å²) < 4.78 is 0. The quantitative estimate of drug-likeness (QED) is 0.0304. The highest BCUT2D eigenvalue weighted by Gasteiger charge is 2.41. The van der Waals surface area contributed by atoms with Crippen molar-refractivity contribution in [3.05, 3.63) is 18.2 Å². The summed E-state index contributed by atoms with van der Waals surface area (Å²) in [4.78, 5) is 120. The van der Waals surface area contributed by atoms with Gasteiger partial charge in [0.25, 0.3) is 0 Å². The van der Waals surface area contributed by atoms with Gasteiger partial charge >= 0.3 is 5.97 Å². The second-order valence-corrected chi connectivity index (χ2v) is 15.7. The van der Waals surface area contributed by atoms with Crippen LogP contribution in [-0.4, -0.2) is 157 Å². The molecule has 2 fully saturated rings. The molecule has 10 atom stereocenters. The lowest BCUT2D eigenvalue weighted by molar-refractivity contribution is -0.144. The van der Waals surface area contributed by atoms with Gasteiger partial charge in [-0.25, -0.2) is 4.98 Å². The SMILES string of the molecule is CCC(C)C(NC(=O)C(C)NC(=O)C1CCCN1C(=O)C(N)C(C)O)C(=O)NC(CCCN=C(N)N)C(=O)NC(Cc1cnc[nH]1)C(=O)N1CCCC1C(=O)NC(C)C(=O)O. The van der Waals surface area contributed by atoms with Crippen LogP contribution in [0.2, 0.25) is 0 Å². The van der Waals surface area contributed by atoms with Gasteiger partial charge in [-0.3, -0.25) is 43.3 Å². The van der Waals surface area contributed by atoms with E-state index in [1.807, 2.05) is 0 Å². The summed E-state index contributed by atoms with van der Waals surface area (Å²) in [6, 6.07) is -9.25. The van der Waals surface area contributed by atoms with Crippen LogP contribution in [0.5, 0.6) is 0 Å². The van der Waals surface area contributed by atoms with E-state index in [0.717, 1.165) is 0 Å². The maximum Gasteiger partial charge on any atom is 0.325 e. The molecule has 0 saturated carbocycles. The van der Waals surface area contributed by atoms with Gasteiger partial charge < -0.3 is 68.8 Å². The molecule has 7 amide bonds. The van der Waals surface area contributed by atoms with Crippen molar-refractivity contribution < 1.29 is 48.6 Å². The first kappa shape index (κ1) is 49.5. The molecular formula is C38H63N13O10. The first-order valence-corrected chi connectivity index (χ1v) is 20.6. The average Bonchev–Trinajstić information content (AvgIpc) is 4.02. The Balaban J connectivity index is 1.81. The second kappa shape index (κ2) is 23.2. The number of guanidine groups is 1. The van der Waals surface area contributed by atoms with Crippen molar-refractivity contribution in [3.63, 3.8) is 0 Å². The monoisotopic (exact) mass is 861 g/mol. The molecule has 3 heterocycles. The number of rotatable bonds is 22. The van der Waals surface area contributed by atoms with Crippen molar-refractivity contribution in [1.29, 1.82) is 0 Å². The topological polar surface area (TPSA) is 363 Å². The molecule has 61 heavy (non-hydrogen) atoms. The molecule has 1 aromatic heterocycles. The number of imidazole rings is 1. The number of aliphatic hydroxyl groups is 1. The fourth-order valence-corrected chi connectivity index (χ4v) is 7.05. The fourth-order valence-electron chi connectivity index (χ4n) is 7.05. The first-order chi connectivity index (χ1) is 28.8. The van der Waals surface area contributed by atoms with Crippen LogP contribution in [0.1, 0.15) is 85.3 Å². The molecule has 0 aromatic carbocycles. The molecule has 2 aliphatic heterocycles. The number of carboxylic acids is 1. The predicted molar refractivity (Wildman–Crippen MR) is 219 cm³/mol. The summed E-state index contributed by atoms with van der Waals surface area (Å²) >= 11 is 0. The van der Waals surface area contributed by atoms with Gasteiger partial charge in [-0.1, -0.05) is 20.3 Å². The van der Waals surface area contributed by atoms with Gasteiger partial charge in [-0.2, -0.15) is 0 Å². The molecule has 0 spiro atoms. The minimum Gasteiger partial charge on any atom is -0.480 e. The maximum atomic E-state index is 14.2. The van der Waals surface area contributed by atoms with E-state index >= 15 is 0 Å². The molecule has 0 aliphatic carbocycles. The van der Waals surface area contributed by atoms with Crippen molar-refractivity contribution in [2.24, 2.45) is 28.1 Å². The average molecular weight is 862 g/mol. The number of nitrogens with zero attached hydrogens (tertiary/aromatic N) is 4. The minimum absolute atomic E-state index is 0.00982. The number of carboxylic acid groups (broad SMARTS) is 1. The normalized spacial score (nSPS) is 20.1.